The Kier molecular flexibility index (Phi) is 4.79. The van der Waals surface area contributed by atoms with Gasteiger partial charge < -0.3 is 10.1 Å². The molecule has 0 aromatic rings. The van der Waals surface area contributed by atoms with Crippen molar-refractivity contribution in [1.29, 1.82) is 0 Å². The van der Waals surface area contributed by atoms with E-state index in [0.717, 1.165) is 25.7 Å². The number of amides is 1. The molecule has 2 aliphatic rings. The van der Waals surface area contributed by atoms with Gasteiger partial charge in [-0.15, -0.1) is 0 Å². The molecule has 1 amide bonds. The molecule has 0 atom stereocenters. The highest BCUT2D eigenvalue weighted by Gasteiger charge is 2.31. The second kappa shape index (κ2) is 6.57. The highest BCUT2D eigenvalue weighted by atomic mass is 16.5. The molecule has 18 heavy (non-hydrogen) atoms. The molecule has 0 aliphatic heterocycles. The smallest absolute Gasteiger partial charge is 0.309 e. The Balaban J connectivity index is 1.53. The first kappa shape index (κ1) is 13.1. The molecule has 0 spiro atoms. The maximum absolute atomic E-state index is 11.4. The number of ether oxygens (including phenoxy) is 1. The topological polar surface area (TPSA) is 55.4 Å². The van der Waals surface area contributed by atoms with Crippen LogP contribution in [0.4, 0.5) is 0 Å². The van der Waals surface area contributed by atoms with E-state index in [1.54, 1.807) is 0 Å². The predicted molar refractivity (Wildman–Crippen MR) is 67.9 cm³/mol. The third kappa shape index (κ3) is 4.51. The van der Waals surface area contributed by atoms with Crippen LogP contribution >= 0.6 is 0 Å². The number of carbonyl (C=O) groups is 2. The molecule has 0 bridgehead atoms. The largest absolute Gasteiger partial charge is 0.455 e. The van der Waals surface area contributed by atoms with Gasteiger partial charge in [0.2, 0.25) is 0 Å². The number of allylic oxidation sites excluding steroid dienone is 1. The zero-order valence-corrected chi connectivity index (χ0v) is 10.7. The van der Waals surface area contributed by atoms with Gasteiger partial charge in [-0.25, -0.2) is 0 Å². The lowest BCUT2D eigenvalue weighted by Gasteiger charge is -2.12. The van der Waals surface area contributed by atoms with Gasteiger partial charge in [0.15, 0.2) is 6.61 Å². The number of rotatable bonds is 6. The minimum Gasteiger partial charge on any atom is -0.455 e. The summed E-state index contributed by atoms with van der Waals surface area (Å²) in [6.45, 7) is 0.514. The van der Waals surface area contributed by atoms with Crippen molar-refractivity contribution >= 4 is 11.9 Å². The highest BCUT2D eigenvalue weighted by Crippen LogP contribution is 2.29. The average molecular weight is 251 g/mol. The first-order valence-electron chi connectivity index (χ1n) is 6.87. The van der Waals surface area contributed by atoms with Crippen LogP contribution in [0.15, 0.2) is 11.6 Å². The lowest BCUT2D eigenvalue weighted by atomic mass is 9.97. The molecule has 4 nitrogen and oxygen atoms in total. The minimum absolute atomic E-state index is 0.0604. The van der Waals surface area contributed by atoms with Crippen LogP contribution in [0.25, 0.3) is 0 Å². The van der Waals surface area contributed by atoms with E-state index in [1.807, 2.05) is 0 Å². The van der Waals surface area contributed by atoms with E-state index in [-0.39, 0.29) is 24.4 Å². The van der Waals surface area contributed by atoms with Crippen LogP contribution in [0.2, 0.25) is 0 Å². The van der Waals surface area contributed by atoms with E-state index in [0.29, 0.717) is 6.54 Å². The fourth-order valence-corrected chi connectivity index (χ4v) is 2.12. The summed E-state index contributed by atoms with van der Waals surface area (Å²) in [5, 5.41) is 2.79. The van der Waals surface area contributed by atoms with Crippen molar-refractivity contribution < 1.29 is 14.3 Å². The highest BCUT2D eigenvalue weighted by molar-refractivity contribution is 5.81. The van der Waals surface area contributed by atoms with Crippen molar-refractivity contribution in [1.82, 2.24) is 5.32 Å². The van der Waals surface area contributed by atoms with E-state index >= 15 is 0 Å². The summed E-state index contributed by atoms with van der Waals surface area (Å²) >= 11 is 0. The van der Waals surface area contributed by atoms with Gasteiger partial charge in [0.05, 0.1) is 5.92 Å². The van der Waals surface area contributed by atoms with E-state index in [1.165, 1.54) is 24.8 Å². The fraction of sp³-hybridized carbons (Fsp3) is 0.714. The molecule has 0 aromatic heterocycles. The summed E-state index contributed by atoms with van der Waals surface area (Å²) in [6, 6.07) is 0. The number of hydrogen-bond donors (Lipinski definition) is 1. The molecule has 0 radical (unpaired) electrons. The molecule has 2 rings (SSSR count). The maximum atomic E-state index is 11.4. The summed E-state index contributed by atoms with van der Waals surface area (Å²) in [4.78, 5) is 22.6. The Labute approximate surface area is 108 Å². The van der Waals surface area contributed by atoms with Crippen molar-refractivity contribution in [2.75, 3.05) is 13.2 Å². The molecule has 0 heterocycles. The molecule has 2 aliphatic carbocycles. The SMILES string of the molecule is O=C(COC(=O)C1CC1)NCCC1=CCCCC1. The van der Waals surface area contributed by atoms with E-state index in [9.17, 15) is 9.59 Å². The van der Waals surface area contributed by atoms with Crippen LogP contribution in [0.5, 0.6) is 0 Å². The van der Waals surface area contributed by atoms with Crippen molar-refractivity contribution in [2.45, 2.75) is 44.9 Å². The third-order valence-electron chi connectivity index (χ3n) is 3.41. The van der Waals surface area contributed by atoms with Crippen LogP contribution in [0, 0.1) is 5.92 Å². The minimum atomic E-state index is -0.222. The molecule has 0 unspecified atom stereocenters. The summed E-state index contributed by atoms with van der Waals surface area (Å²) in [5.41, 5.74) is 1.44. The predicted octanol–water partition coefficient (Wildman–Crippen LogP) is 1.95. The second-order valence-electron chi connectivity index (χ2n) is 5.09. The lowest BCUT2D eigenvalue weighted by Crippen LogP contribution is -2.30. The standard InChI is InChI=1S/C14H21NO3/c16-13(10-18-14(17)12-6-7-12)15-9-8-11-4-2-1-3-5-11/h4,12H,1-3,5-10H2,(H,15,16). The first-order valence-corrected chi connectivity index (χ1v) is 6.87. The van der Waals surface area contributed by atoms with Crippen LogP contribution in [-0.4, -0.2) is 25.0 Å². The quantitative estimate of drug-likeness (QED) is 0.580. The van der Waals surface area contributed by atoms with Gasteiger partial charge in [0, 0.05) is 6.54 Å². The van der Waals surface area contributed by atoms with Crippen LogP contribution in [0.1, 0.15) is 44.9 Å². The van der Waals surface area contributed by atoms with Crippen LogP contribution in [-0.2, 0) is 14.3 Å². The zero-order chi connectivity index (χ0) is 12.8. The van der Waals surface area contributed by atoms with Crippen molar-refractivity contribution in [3.8, 4) is 0 Å². The van der Waals surface area contributed by atoms with E-state index in [2.05, 4.69) is 11.4 Å². The second-order valence-corrected chi connectivity index (χ2v) is 5.09. The molecular weight excluding hydrogens is 230 g/mol. The molecule has 0 saturated heterocycles. The van der Waals surface area contributed by atoms with Crippen LogP contribution < -0.4 is 5.32 Å². The van der Waals surface area contributed by atoms with Crippen molar-refractivity contribution in [2.24, 2.45) is 5.92 Å². The van der Waals surface area contributed by atoms with Gasteiger partial charge in [-0.2, -0.15) is 0 Å². The first-order chi connectivity index (χ1) is 8.75. The Hall–Kier alpha value is -1.32. The molecule has 100 valence electrons. The Morgan fingerprint density at radius 2 is 2.17 bits per heavy atom. The Bertz CT molecular complexity index is 345. The maximum Gasteiger partial charge on any atom is 0.309 e. The number of nitrogens with one attached hydrogen (secondary N) is 1. The van der Waals surface area contributed by atoms with Gasteiger partial charge in [0.25, 0.3) is 5.91 Å². The van der Waals surface area contributed by atoms with Gasteiger partial charge in [-0.05, 0) is 44.9 Å². The van der Waals surface area contributed by atoms with Crippen molar-refractivity contribution in [3.63, 3.8) is 0 Å². The summed E-state index contributed by atoms with van der Waals surface area (Å²) in [6.07, 6.45) is 9.90. The summed E-state index contributed by atoms with van der Waals surface area (Å²) in [7, 11) is 0. The molecule has 1 N–H and O–H groups in total. The Morgan fingerprint density at radius 1 is 1.33 bits per heavy atom. The zero-order valence-electron chi connectivity index (χ0n) is 10.7. The monoisotopic (exact) mass is 251 g/mol. The molecule has 0 aromatic carbocycles. The summed E-state index contributed by atoms with van der Waals surface area (Å²) < 4.78 is 4.90. The lowest BCUT2D eigenvalue weighted by molar-refractivity contribution is -0.149. The number of hydrogen-bond acceptors (Lipinski definition) is 3. The normalized spacial score (nSPS) is 19.0. The van der Waals surface area contributed by atoms with Crippen molar-refractivity contribution in [3.05, 3.63) is 11.6 Å². The molecule has 1 saturated carbocycles. The van der Waals surface area contributed by atoms with Gasteiger partial charge in [-0.1, -0.05) is 11.6 Å². The molecule has 4 heteroatoms. The third-order valence-corrected chi connectivity index (χ3v) is 3.41. The van der Waals surface area contributed by atoms with Gasteiger partial charge in [0.1, 0.15) is 0 Å². The van der Waals surface area contributed by atoms with Gasteiger partial charge in [-0.3, -0.25) is 9.59 Å². The number of esters is 1. The number of carbonyl (C=O) groups excluding carboxylic acids is 2. The average Bonchev–Trinajstić information content (AvgIpc) is 3.21. The van der Waals surface area contributed by atoms with Crippen LogP contribution in [0.3, 0.4) is 0 Å². The Morgan fingerprint density at radius 3 is 2.83 bits per heavy atom. The fourth-order valence-electron chi connectivity index (χ4n) is 2.12. The van der Waals surface area contributed by atoms with E-state index < -0.39 is 0 Å². The van der Waals surface area contributed by atoms with Gasteiger partial charge >= 0.3 is 5.97 Å². The molecular formula is C14H21NO3. The van der Waals surface area contributed by atoms with E-state index in [4.69, 9.17) is 4.74 Å². The molecule has 1 fully saturated rings. The summed E-state index contributed by atoms with van der Waals surface area (Å²) in [5.74, 6) is -0.356.